The highest BCUT2D eigenvalue weighted by molar-refractivity contribution is 5.85. The zero-order valence-corrected chi connectivity index (χ0v) is 14.7. The average molecular weight is 344 g/mol. The van der Waals surface area contributed by atoms with Crippen LogP contribution in [0.25, 0.3) is 0 Å². The van der Waals surface area contributed by atoms with Crippen molar-refractivity contribution in [3.8, 4) is 11.5 Å². The maximum Gasteiger partial charge on any atom is 0.234 e. The lowest BCUT2D eigenvalue weighted by Crippen LogP contribution is -2.52. The fourth-order valence-electron chi connectivity index (χ4n) is 2.55. The van der Waals surface area contributed by atoms with Crippen LogP contribution in [-0.4, -0.2) is 57.2 Å². The van der Waals surface area contributed by atoms with Crippen molar-refractivity contribution in [2.45, 2.75) is 19.5 Å². The normalized spacial score (nSPS) is 18.0. The van der Waals surface area contributed by atoms with E-state index >= 15 is 0 Å². The number of nitrogens with one attached hydrogen (secondary N) is 2. The Hall–Kier alpha value is -1.50. The molecule has 0 spiro atoms. The highest BCUT2D eigenvalue weighted by Gasteiger charge is 2.20. The molecule has 1 aromatic rings. The van der Waals surface area contributed by atoms with Crippen molar-refractivity contribution in [2.24, 2.45) is 0 Å². The van der Waals surface area contributed by atoms with Crippen molar-refractivity contribution in [2.75, 3.05) is 40.4 Å². The van der Waals surface area contributed by atoms with Gasteiger partial charge in [0.25, 0.3) is 0 Å². The molecule has 1 aliphatic rings. The van der Waals surface area contributed by atoms with E-state index in [1.165, 1.54) is 0 Å². The number of amides is 1. The van der Waals surface area contributed by atoms with Crippen molar-refractivity contribution >= 4 is 18.3 Å². The number of hydrogen-bond acceptors (Lipinski definition) is 5. The minimum atomic E-state index is 0. The number of rotatable bonds is 6. The molecule has 1 atom stereocenters. The van der Waals surface area contributed by atoms with Gasteiger partial charge in [0.1, 0.15) is 0 Å². The monoisotopic (exact) mass is 343 g/mol. The van der Waals surface area contributed by atoms with E-state index in [0.717, 1.165) is 25.2 Å². The standard InChI is InChI=1S/C16H25N3O3.ClH/c1-12-9-17-6-7-19(12)11-16(20)18-10-13-4-5-14(21-2)15(8-13)22-3;/h4-5,8,12,17H,6-7,9-11H2,1-3H3,(H,18,20);1H/t12-;/m0./s1. The first-order chi connectivity index (χ1) is 10.6. The van der Waals surface area contributed by atoms with Crippen LogP contribution in [0.1, 0.15) is 12.5 Å². The highest BCUT2D eigenvalue weighted by Crippen LogP contribution is 2.27. The number of halogens is 1. The van der Waals surface area contributed by atoms with Crippen LogP contribution in [0.15, 0.2) is 18.2 Å². The Kier molecular flexibility index (Phi) is 8.16. The third-order valence-electron chi connectivity index (χ3n) is 3.92. The van der Waals surface area contributed by atoms with Gasteiger partial charge >= 0.3 is 0 Å². The minimum absolute atomic E-state index is 0. The highest BCUT2D eigenvalue weighted by atomic mass is 35.5. The molecule has 130 valence electrons. The summed E-state index contributed by atoms with van der Waals surface area (Å²) in [5.41, 5.74) is 0.986. The van der Waals surface area contributed by atoms with Gasteiger partial charge in [-0.2, -0.15) is 0 Å². The van der Waals surface area contributed by atoms with E-state index in [9.17, 15) is 4.79 Å². The summed E-state index contributed by atoms with van der Waals surface area (Å²) in [7, 11) is 3.21. The van der Waals surface area contributed by atoms with Gasteiger partial charge in [-0.15, -0.1) is 12.4 Å². The zero-order valence-electron chi connectivity index (χ0n) is 13.9. The van der Waals surface area contributed by atoms with Crippen molar-refractivity contribution in [1.82, 2.24) is 15.5 Å². The Labute approximate surface area is 143 Å². The van der Waals surface area contributed by atoms with Crippen molar-refractivity contribution in [1.29, 1.82) is 0 Å². The van der Waals surface area contributed by atoms with Crippen LogP contribution in [0.5, 0.6) is 11.5 Å². The molecule has 0 aromatic heterocycles. The van der Waals surface area contributed by atoms with Gasteiger partial charge < -0.3 is 20.1 Å². The van der Waals surface area contributed by atoms with Gasteiger partial charge in [-0.1, -0.05) is 6.07 Å². The number of carbonyl (C=O) groups excluding carboxylic acids is 1. The maximum absolute atomic E-state index is 12.1. The molecule has 1 saturated heterocycles. The molecule has 0 bridgehead atoms. The molecule has 6 nitrogen and oxygen atoms in total. The van der Waals surface area contributed by atoms with E-state index in [-0.39, 0.29) is 18.3 Å². The largest absolute Gasteiger partial charge is 0.493 e. The maximum atomic E-state index is 12.1. The molecule has 1 aliphatic heterocycles. The van der Waals surface area contributed by atoms with E-state index in [0.29, 0.717) is 30.6 Å². The van der Waals surface area contributed by atoms with Crippen LogP contribution in [0.3, 0.4) is 0 Å². The van der Waals surface area contributed by atoms with Gasteiger partial charge in [-0.05, 0) is 24.6 Å². The van der Waals surface area contributed by atoms with E-state index in [2.05, 4.69) is 22.5 Å². The van der Waals surface area contributed by atoms with Crippen LogP contribution in [0, 0.1) is 0 Å². The molecule has 0 aliphatic carbocycles. The Morgan fingerprint density at radius 2 is 2.09 bits per heavy atom. The van der Waals surface area contributed by atoms with E-state index in [1.54, 1.807) is 14.2 Å². The molecule has 1 heterocycles. The molecule has 0 unspecified atom stereocenters. The van der Waals surface area contributed by atoms with E-state index in [4.69, 9.17) is 9.47 Å². The van der Waals surface area contributed by atoms with Crippen molar-refractivity contribution in [3.63, 3.8) is 0 Å². The lowest BCUT2D eigenvalue weighted by Gasteiger charge is -2.33. The number of methoxy groups -OCH3 is 2. The number of nitrogens with zero attached hydrogens (tertiary/aromatic N) is 1. The topological polar surface area (TPSA) is 62.8 Å². The number of piperazine rings is 1. The molecule has 1 aromatic carbocycles. The van der Waals surface area contributed by atoms with Gasteiger partial charge in [-0.25, -0.2) is 0 Å². The Balaban J connectivity index is 0.00000264. The Morgan fingerprint density at radius 1 is 1.35 bits per heavy atom. The third-order valence-corrected chi connectivity index (χ3v) is 3.92. The first-order valence-corrected chi connectivity index (χ1v) is 7.56. The number of ether oxygens (including phenoxy) is 2. The average Bonchev–Trinajstić information content (AvgIpc) is 2.54. The van der Waals surface area contributed by atoms with Crippen molar-refractivity contribution in [3.05, 3.63) is 23.8 Å². The first-order valence-electron chi connectivity index (χ1n) is 7.56. The van der Waals surface area contributed by atoms with Crippen LogP contribution in [0.2, 0.25) is 0 Å². The SMILES string of the molecule is COc1ccc(CNC(=O)CN2CCNC[C@@H]2C)cc1OC.Cl. The van der Waals surface area contributed by atoms with Gasteiger partial charge in [-0.3, -0.25) is 9.69 Å². The molecular formula is C16H26ClN3O3. The molecule has 0 saturated carbocycles. The molecule has 23 heavy (non-hydrogen) atoms. The Morgan fingerprint density at radius 3 is 2.74 bits per heavy atom. The summed E-state index contributed by atoms with van der Waals surface area (Å²) in [6.07, 6.45) is 0. The summed E-state index contributed by atoms with van der Waals surface area (Å²) in [5, 5.41) is 6.28. The van der Waals surface area contributed by atoms with Gasteiger partial charge in [0.05, 0.1) is 20.8 Å². The molecule has 1 fully saturated rings. The summed E-state index contributed by atoms with van der Waals surface area (Å²) >= 11 is 0. The second kappa shape index (κ2) is 9.60. The molecular weight excluding hydrogens is 318 g/mol. The first kappa shape index (κ1) is 19.5. The molecule has 7 heteroatoms. The quantitative estimate of drug-likeness (QED) is 0.808. The van der Waals surface area contributed by atoms with Crippen molar-refractivity contribution < 1.29 is 14.3 Å². The van der Waals surface area contributed by atoms with Crippen LogP contribution >= 0.6 is 12.4 Å². The third kappa shape index (κ3) is 5.57. The molecule has 1 amide bonds. The number of carbonyl (C=O) groups is 1. The molecule has 0 radical (unpaired) electrons. The number of benzene rings is 1. The van der Waals surface area contributed by atoms with Crippen LogP contribution in [-0.2, 0) is 11.3 Å². The zero-order chi connectivity index (χ0) is 15.9. The summed E-state index contributed by atoms with van der Waals surface area (Å²) in [5.74, 6) is 1.40. The van der Waals surface area contributed by atoms with Gasteiger partial charge in [0, 0.05) is 32.2 Å². The predicted molar refractivity (Wildman–Crippen MR) is 92.5 cm³/mol. The summed E-state index contributed by atoms with van der Waals surface area (Å²) in [6.45, 7) is 5.84. The van der Waals surface area contributed by atoms with Gasteiger partial charge in [0.2, 0.25) is 5.91 Å². The summed E-state index contributed by atoms with van der Waals surface area (Å²) < 4.78 is 10.5. The van der Waals surface area contributed by atoms with Crippen LogP contribution < -0.4 is 20.1 Å². The summed E-state index contributed by atoms with van der Waals surface area (Å²) in [6, 6.07) is 6.04. The van der Waals surface area contributed by atoms with Gasteiger partial charge in [0.15, 0.2) is 11.5 Å². The fraction of sp³-hybridized carbons (Fsp3) is 0.562. The lowest BCUT2D eigenvalue weighted by molar-refractivity contribution is -0.123. The minimum Gasteiger partial charge on any atom is -0.493 e. The summed E-state index contributed by atoms with van der Waals surface area (Å²) in [4.78, 5) is 14.3. The Bertz CT molecular complexity index is 513. The predicted octanol–water partition coefficient (Wildman–Crippen LogP) is 1.04. The number of hydrogen-bond donors (Lipinski definition) is 2. The second-order valence-electron chi connectivity index (χ2n) is 5.49. The smallest absolute Gasteiger partial charge is 0.234 e. The van der Waals surface area contributed by atoms with E-state index in [1.807, 2.05) is 18.2 Å². The van der Waals surface area contributed by atoms with E-state index < -0.39 is 0 Å². The molecule has 2 rings (SSSR count). The molecule has 2 N–H and O–H groups in total. The second-order valence-corrected chi connectivity index (χ2v) is 5.49. The lowest BCUT2D eigenvalue weighted by atomic mass is 10.2. The fourth-order valence-corrected chi connectivity index (χ4v) is 2.55. The van der Waals surface area contributed by atoms with Crippen LogP contribution in [0.4, 0.5) is 0 Å².